The number of hydrogen-bond acceptors (Lipinski definition) is 4. The first-order valence-electron chi connectivity index (χ1n) is 25.7. The van der Waals surface area contributed by atoms with Gasteiger partial charge in [0, 0.05) is 11.3 Å². The Morgan fingerprint density at radius 3 is 1.83 bits per heavy atom. The Morgan fingerprint density at radius 2 is 1.09 bits per heavy atom. The van der Waals surface area contributed by atoms with Gasteiger partial charge in [0.05, 0.1) is 0 Å². The van der Waals surface area contributed by atoms with Gasteiger partial charge < -0.3 is 0 Å². The van der Waals surface area contributed by atoms with Crippen LogP contribution in [0.15, 0.2) is 237 Å². The molecule has 0 atom stereocenters. The fourth-order valence-corrected chi connectivity index (χ4v) is 11.2. The third kappa shape index (κ3) is 6.92. The van der Waals surface area contributed by atoms with Crippen molar-refractivity contribution in [2.75, 3.05) is 9.62 Å². The molecule has 8 heteroatoms. The summed E-state index contributed by atoms with van der Waals surface area (Å²) in [5, 5.41) is 0. The molecule has 2 aliphatic heterocycles. The van der Waals surface area contributed by atoms with Crippen molar-refractivity contribution in [1.82, 2.24) is 14.1 Å². The number of anilines is 4. The molecule has 69 heavy (non-hydrogen) atoms. The number of nitrogens with zero attached hydrogens (tertiary/aromatic N) is 5. The molecule has 0 spiro atoms. The quantitative estimate of drug-likeness (QED) is 0.142. The number of aryl methyl sites for hydroxylation is 1. The van der Waals surface area contributed by atoms with Gasteiger partial charge in [-0.1, -0.05) is 54.6 Å². The van der Waals surface area contributed by atoms with Gasteiger partial charge in [0.1, 0.15) is 0 Å². The first kappa shape index (κ1) is 35.0. The molecule has 11 aromatic rings. The monoisotopic (exact) mass is 1070 g/mol. The molecule has 0 radical (unpaired) electrons. The van der Waals surface area contributed by atoms with Crippen LogP contribution in [0.1, 0.15) is 13.8 Å². The molecule has 2 aliphatic rings. The second-order valence-electron chi connectivity index (χ2n) is 17.1. The van der Waals surface area contributed by atoms with E-state index in [-0.39, 0.29) is 35.4 Å². The fourth-order valence-electron chi connectivity index (χ4n) is 10.1. The number of pyridine rings is 1. The Labute approximate surface area is 420 Å². The molecule has 0 bridgehead atoms. The summed E-state index contributed by atoms with van der Waals surface area (Å²) in [4.78, 5) is 9.26. The van der Waals surface area contributed by atoms with E-state index in [1.165, 1.54) is 0 Å². The van der Waals surface area contributed by atoms with E-state index < -0.39 is 13.8 Å². The van der Waals surface area contributed by atoms with Crippen molar-refractivity contribution in [2.45, 2.75) is 6.85 Å². The van der Waals surface area contributed by atoms with Crippen molar-refractivity contribution in [1.29, 1.82) is 0 Å². The molecule has 0 unspecified atom stereocenters. The molecule has 0 N–H and O–H groups in total. The van der Waals surface area contributed by atoms with E-state index in [1.54, 1.807) is 12.1 Å². The summed E-state index contributed by atoms with van der Waals surface area (Å²) in [6, 6.07) is 71.5. The third-order valence-corrected chi connectivity index (χ3v) is 14.1. The Balaban J connectivity index is 0.949. The summed E-state index contributed by atoms with van der Waals surface area (Å²) < 4.78 is 65.5. The van der Waals surface area contributed by atoms with Crippen LogP contribution in [0.5, 0.6) is 11.6 Å². The van der Waals surface area contributed by atoms with Gasteiger partial charge in [-0.15, -0.1) is 0 Å². The van der Waals surface area contributed by atoms with Crippen LogP contribution in [0.4, 0.5) is 22.9 Å². The minimum absolute atomic E-state index is 0.101. The third-order valence-electron chi connectivity index (χ3n) is 13.1. The molecule has 2 aromatic heterocycles. The van der Waals surface area contributed by atoms with Gasteiger partial charge in [-0.2, -0.15) is 0 Å². The SMILES string of the molecule is [2H]c1c(Oc2cccc(-n3[c](=[Pt])n(-c4c(-c5ccccc5)cc(C([2H])([2H])[2H])cc4-c4ccc(-c5ccccc5)cc4)c4ccccc43)c2)nc(N2B3c4ccccc4-c4ccccc4N3c3ccccc32)c([2H])c1[2H]. The van der Waals surface area contributed by atoms with Crippen LogP contribution >= 0.6 is 0 Å². The van der Waals surface area contributed by atoms with Gasteiger partial charge in [0.25, 0.3) is 0 Å². The number of imidazole rings is 1. The van der Waals surface area contributed by atoms with E-state index >= 15 is 0 Å². The average molecular weight is 1070 g/mol. The van der Waals surface area contributed by atoms with Gasteiger partial charge >= 0.3 is 339 Å². The first-order chi connectivity index (χ1) is 36.5. The van der Waals surface area contributed by atoms with Gasteiger partial charge in [-0.05, 0) is 17.7 Å². The zero-order valence-corrected chi connectivity index (χ0v) is 39.1. The summed E-state index contributed by atoms with van der Waals surface area (Å²) in [6.45, 7) is -2.83. The molecule has 0 saturated carbocycles. The van der Waals surface area contributed by atoms with E-state index in [9.17, 15) is 4.11 Å². The van der Waals surface area contributed by atoms with Gasteiger partial charge in [0.2, 0.25) is 0 Å². The van der Waals surface area contributed by atoms with E-state index in [2.05, 4.69) is 112 Å². The van der Waals surface area contributed by atoms with Crippen LogP contribution in [0.25, 0.3) is 66.9 Å². The number of para-hydroxylation sites is 5. The van der Waals surface area contributed by atoms with E-state index in [1.807, 2.05) is 132 Å². The number of fused-ring (bicyclic) bond motifs is 9. The number of ether oxygens (including phenoxy) is 1. The molecule has 0 fully saturated rings. The van der Waals surface area contributed by atoms with E-state index in [4.69, 9.17) is 13.8 Å². The second-order valence-corrected chi connectivity index (χ2v) is 18.1. The van der Waals surface area contributed by atoms with Crippen molar-refractivity contribution in [3.05, 3.63) is 246 Å². The van der Waals surface area contributed by atoms with Gasteiger partial charge in [-0.25, -0.2) is 0 Å². The topological polar surface area (TPSA) is 38.5 Å². The number of hydrogen-bond donors (Lipinski definition) is 0. The normalized spacial score (nSPS) is 13.9. The van der Waals surface area contributed by atoms with E-state index in [0.29, 0.717) is 5.75 Å². The van der Waals surface area contributed by atoms with Crippen LogP contribution in [-0.4, -0.2) is 21.1 Å². The van der Waals surface area contributed by atoms with Crippen molar-refractivity contribution in [2.24, 2.45) is 0 Å². The zero-order valence-electron chi connectivity index (χ0n) is 42.8. The summed E-state index contributed by atoms with van der Waals surface area (Å²) in [7, 11) is 0. The maximum atomic E-state index is 9.38. The predicted molar refractivity (Wildman–Crippen MR) is 279 cm³/mol. The van der Waals surface area contributed by atoms with Crippen LogP contribution < -0.4 is 19.8 Å². The van der Waals surface area contributed by atoms with Crippen LogP contribution in [0, 0.1) is 10.7 Å². The Morgan fingerprint density at radius 1 is 0.507 bits per heavy atom. The van der Waals surface area contributed by atoms with Gasteiger partial charge in [-0.3, -0.25) is 0 Å². The molecule has 0 saturated heterocycles. The molecule has 13 rings (SSSR count). The van der Waals surface area contributed by atoms with Crippen molar-refractivity contribution >= 4 is 46.4 Å². The van der Waals surface area contributed by atoms with Crippen molar-refractivity contribution < 1.29 is 32.3 Å². The van der Waals surface area contributed by atoms with Crippen molar-refractivity contribution in [3.63, 3.8) is 0 Å². The summed E-state index contributed by atoms with van der Waals surface area (Å²) in [6.07, 6.45) is 0. The van der Waals surface area contributed by atoms with Crippen LogP contribution in [0.3, 0.4) is 0 Å². The number of rotatable bonds is 8. The summed E-state index contributed by atoms with van der Waals surface area (Å²) in [5.41, 5.74) is 14.9. The Bertz CT molecular complexity index is 4130. The molecular weight excluding hydrogens is 1020 g/mol. The molecular formula is C61H42BN5OPt. The molecule has 4 heterocycles. The Hall–Kier alpha value is -8.25. The average Bonchev–Trinajstić information content (AvgIpc) is 4.03. The second kappa shape index (κ2) is 16.8. The maximum absolute atomic E-state index is 9.38. The summed E-state index contributed by atoms with van der Waals surface area (Å²) >= 11 is 2.35. The molecule has 0 amide bonds. The van der Waals surface area contributed by atoms with Gasteiger partial charge in [0.15, 0.2) is 0 Å². The fraction of sp³-hybridized carbons (Fsp3) is 0.0164. The minimum atomic E-state index is -2.39. The number of aromatic nitrogens is 3. The molecule has 9 aromatic carbocycles. The molecule has 330 valence electrons. The van der Waals surface area contributed by atoms with Crippen molar-refractivity contribution in [3.8, 4) is 67.5 Å². The zero-order chi connectivity index (χ0) is 51.1. The predicted octanol–water partition coefficient (Wildman–Crippen LogP) is 14.7. The van der Waals surface area contributed by atoms with Crippen LogP contribution in [0.2, 0.25) is 0 Å². The van der Waals surface area contributed by atoms with E-state index in [0.717, 1.165) is 93.2 Å². The number of benzene rings is 9. The molecule has 0 aliphatic carbocycles. The summed E-state index contributed by atoms with van der Waals surface area (Å²) in [5.74, 6) is 0.479. The van der Waals surface area contributed by atoms with Crippen LogP contribution in [-0.2, 0) is 19.4 Å². The molecule has 6 nitrogen and oxygen atoms in total. The standard InChI is InChI=1S/C61H42BN5O.Pt/c1-42-38-51(45-20-6-3-7-21-45)61(52(39-42)46-36-34-44(35-37-46)43-18-4-2-5-19-43)65-41-64(55-28-12-13-29-56(55)65)47-22-16-23-48(40-47)68-60-33-17-32-59(63-60)67-58-31-15-14-30-57(58)66-54-27-11-9-25-50(54)49-24-8-10-26-53(49)62(66)67;/h2-40H,1H3;/i1D3,17D,32D,33D;. The first-order valence-corrected chi connectivity index (χ1v) is 23.9. The Kier molecular flexibility index (Phi) is 8.52.